The third-order valence-electron chi connectivity index (χ3n) is 17.1. The van der Waals surface area contributed by atoms with Crippen molar-refractivity contribution in [1.29, 1.82) is 0 Å². The van der Waals surface area contributed by atoms with E-state index in [0.717, 1.165) is 71.5 Å². The van der Waals surface area contributed by atoms with E-state index < -0.39 is 0 Å². The van der Waals surface area contributed by atoms with E-state index in [2.05, 4.69) is 279 Å². The largest absolute Gasteiger partial charge is 0.456 e. The van der Waals surface area contributed by atoms with Gasteiger partial charge in [0.15, 0.2) is 0 Å². The molecule has 0 radical (unpaired) electrons. The zero-order valence-electron chi connectivity index (χ0n) is 43.4. The highest BCUT2D eigenvalue weighted by molar-refractivity contribution is 6.31. The van der Waals surface area contributed by atoms with Crippen molar-refractivity contribution in [3.63, 3.8) is 0 Å². The molecule has 0 aliphatic heterocycles. The van der Waals surface area contributed by atoms with Gasteiger partial charge in [-0.2, -0.15) is 0 Å². The van der Waals surface area contributed by atoms with Crippen molar-refractivity contribution >= 4 is 109 Å². The maximum atomic E-state index is 6.91. The fourth-order valence-electron chi connectivity index (χ4n) is 13.7. The second-order valence-corrected chi connectivity index (χ2v) is 21.3. The molecule has 370 valence electrons. The van der Waals surface area contributed by atoms with E-state index in [1.54, 1.807) is 0 Å². The Balaban J connectivity index is 0.937. The Kier molecular flexibility index (Phi) is 9.75. The molecule has 0 fully saturated rings. The number of furan rings is 2. The average molecular weight is 1020 g/mol. The van der Waals surface area contributed by atoms with Crippen LogP contribution in [0.15, 0.2) is 288 Å². The monoisotopic (exact) mass is 1010 g/mol. The molecule has 0 amide bonds. The molecule has 0 aliphatic rings. The molecular formula is C78H46O2. The van der Waals surface area contributed by atoms with E-state index in [1.165, 1.54) is 104 Å². The van der Waals surface area contributed by atoms with Crippen molar-refractivity contribution in [3.8, 4) is 66.8 Å². The molecule has 0 N–H and O–H groups in total. The summed E-state index contributed by atoms with van der Waals surface area (Å²) in [4.78, 5) is 0. The smallest absolute Gasteiger partial charge is 0.136 e. The summed E-state index contributed by atoms with van der Waals surface area (Å²) in [6.07, 6.45) is 0. The van der Waals surface area contributed by atoms with E-state index in [9.17, 15) is 0 Å². The van der Waals surface area contributed by atoms with Crippen LogP contribution in [0, 0.1) is 0 Å². The zero-order valence-corrected chi connectivity index (χ0v) is 43.4. The molecule has 17 rings (SSSR count). The summed E-state index contributed by atoms with van der Waals surface area (Å²) in [5.74, 6) is 0. The summed E-state index contributed by atoms with van der Waals surface area (Å²) < 4.78 is 13.7. The summed E-state index contributed by atoms with van der Waals surface area (Å²) in [6.45, 7) is 0. The van der Waals surface area contributed by atoms with Crippen LogP contribution in [0.5, 0.6) is 0 Å². The van der Waals surface area contributed by atoms with Crippen LogP contribution in [-0.2, 0) is 0 Å². The highest BCUT2D eigenvalue weighted by Gasteiger charge is 2.25. The molecule has 0 aliphatic carbocycles. The Morgan fingerprint density at radius 3 is 1.15 bits per heavy atom. The molecule has 0 bridgehead atoms. The minimum Gasteiger partial charge on any atom is -0.456 e. The van der Waals surface area contributed by atoms with E-state index in [-0.39, 0.29) is 0 Å². The van der Waals surface area contributed by atoms with Gasteiger partial charge in [0.05, 0.1) is 0 Å². The van der Waals surface area contributed by atoms with Crippen LogP contribution in [0.3, 0.4) is 0 Å². The maximum absolute atomic E-state index is 6.91. The van der Waals surface area contributed by atoms with E-state index in [1.807, 2.05) is 0 Å². The number of hydrogen-bond donors (Lipinski definition) is 0. The van der Waals surface area contributed by atoms with Crippen LogP contribution in [0.2, 0.25) is 0 Å². The molecule has 80 heavy (non-hydrogen) atoms. The number of fused-ring (bicyclic) bond motifs is 14. The fraction of sp³-hybridized carbons (Fsp3) is 0. The molecule has 17 aromatic rings. The number of rotatable bonds is 6. The summed E-state index contributed by atoms with van der Waals surface area (Å²) in [5.41, 5.74) is 17.8. The van der Waals surface area contributed by atoms with Gasteiger partial charge in [0.1, 0.15) is 22.3 Å². The molecule has 0 saturated carbocycles. The van der Waals surface area contributed by atoms with Gasteiger partial charge >= 0.3 is 0 Å². The van der Waals surface area contributed by atoms with Crippen molar-refractivity contribution < 1.29 is 8.83 Å². The van der Waals surface area contributed by atoms with Crippen LogP contribution in [0.25, 0.3) is 175 Å². The normalized spacial score (nSPS) is 12.0. The van der Waals surface area contributed by atoms with Crippen LogP contribution in [-0.4, -0.2) is 0 Å². The lowest BCUT2D eigenvalue weighted by Gasteiger charge is -2.20. The van der Waals surface area contributed by atoms with E-state index in [4.69, 9.17) is 8.83 Å². The van der Waals surface area contributed by atoms with Crippen LogP contribution >= 0.6 is 0 Å². The zero-order chi connectivity index (χ0) is 52.4. The van der Waals surface area contributed by atoms with Crippen LogP contribution in [0.4, 0.5) is 0 Å². The lowest BCUT2D eigenvalue weighted by atomic mass is 9.83. The average Bonchev–Trinajstić information content (AvgIpc) is 4.29. The van der Waals surface area contributed by atoms with E-state index >= 15 is 0 Å². The van der Waals surface area contributed by atoms with Crippen molar-refractivity contribution in [3.05, 3.63) is 279 Å². The molecule has 15 aromatic carbocycles. The van der Waals surface area contributed by atoms with Gasteiger partial charge in [-0.3, -0.25) is 0 Å². The van der Waals surface area contributed by atoms with Gasteiger partial charge in [0, 0.05) is 21.5 Å². The first-order valence-electron chi connectivity index (χ1n) is 27.6. The van der Waals surface area contributed by atoms with Gasteiger partial charge in [-0.15, -0.1) is 0 Å². The highest BCUT2D eigenvalue weighted by atomic mass is 16.3. The van der Waals surface area contributed by atoms with Gasteiger partial charge in [-0.1, -0.05) is 249 Å². The summed E-state index contributed by atoms with van der Waals surface area (Å²) in [6, 6.07) is 102. The van der Waals surface area contributed by atoms with E-state index in [0.29, 0.717) is 0 Å². The molecule has 2 aromatic heterocycles. The molecule has 0 saturated heterocycles. The van der Waals surface area contributed by atoms with Gasteiger partial charge < -0.3 is 8.83 Å². The minimum atomic E-state index is 0.870. The number of hydrogen-bond acceptors (Lipinski definition) is 2. The van der Waals surface area contributed by atoms with Crippen LogP contribution < -0.4 is 0 Å². The first-order chi connectivity index (χ1) is 39.7. The highest BCUT2D eigenvalue weighted by Crippen LogP contribution is 2.51. The lowest BCUT2D eigenvalue weighted by Crippen LogP contribution is -1.93. The quantitative estimate of drug-likeness (QED) is 0.155. The lowest BCUT2D eigenvalue weighted by molar-refractivity contribution is 0.669. The van der Waals surface area contributed by atoms with Gasteiger partial charge in [0.2, 0.25) is 0 Å². The second-order valence-electron chi connectivity index (χ2n) is 21.3. The first-order valence-corrected chi connectivity index (χ1v) is 27.6. The Bertz CT molecular complexity index is 5340. The Morgan fingerprint density at radius 1 is 0.175 bits per heavy atom. The molecule has 0 unspecified atom stereocenters. The molecule has 2 heteroatoms. The first kappa shape index (κ1) is 44.6. The molecular weight excluding hydrogens is 969 g/mol. The topological polar surface area (TPSA) is 26.3 Å². The van der Waals surface area contributed by atoms with Crippen LogP contribution in [0.1, 0.15) is 0 Å². The minimum absolute atomic E-state index is 0.870. The maximum Gasteiger partial charge on any atom is 0.136 e. The fourth-order valence-corrected chi connectivity index (χ4v) is 13.7. The van der Waals surface area contributed by atoms with Crippen molar-refractivity contribution in [2.24, 2.45) is 0 Å². The van der Waals surface area contributed by atoms with Crippen molar-refractivity contribution in [2.45, 2.75) is 0 Å². The standard InChI is InChI=1S/C78H46O2/c1-3-18-47(19-4-1)48-36-38-51(39-37-48)72-59-26-11-14-29-62(59)74(65-33-17-34-67-77(65)75-54-23-8-7-20-49(54)41-44-69(75)79-67)66-46-52(40-42-63(66)72)53-30-15-31-56-55(53)43-45-70-76(56)78-64(32-16-35-68(78)80-70)73-60-27-12-9-24-57(60)71(50-21-5-2-6-22-50)58-25-10-13-28-61(58)73/h1-46H. The molecule has 2 nitrogen and oxygen atoms in total. The van der Waals surface area contributed by atoms with Gasteiger partial charge in [0.25, 0.3) is 0 Å². The SMILES string of the molecule is c1ccc(-c2ccc(-c3c4ccccc4c(-c4cccc5oc6ccc7ccccc7c6c45)c4cc(-c5cccc6c5ccc5oc7cccc(-c8c9ccccc9c(-c9ccccc9)c9ccccc89)c7c56)ccc34)cc2)cc1. The Morgan fingerprint density at radius 2 is 0.550 bits per heavy atom. The number of benzene rings is 15. The molecule has 0 spiro atoms. The Labute approximate surface area is 460 Å². The van der Waals surface area contributed by atoms with Crippen molar-refractivity contribution in [2.75, 3.05) is 0 Å². The predicted octanol–water partition coefficient (Wildman–Crippen LogP) is 22.4. The molecule has 2 heterocycles. The third-order valence-corrected chi connectivity index (χ3v) is 17.1. The third kappa shape index (κ3) is 6.60. The van der Waals surface area contributed by atoms with Gasteiger partial charge in [-0.05, 0) is 162 Å². The summed E-state index contributed by atoms with van der Waals surface area (Å²) in [7, 11) is 0. The van der Waals surface area contributed by atoms with Crippen molar-refractivity contribution in [1.82, 2.24) is 0 Å². The predicted molar refractivity (Wildman–Crippen MR) is 339 cm³/mol. The molecule has 0 atom stereocenters. The van der Waals surface area contributed by atoms with Gasteiger partial charge in [-0.25, -0.2) is 0 Å². The summed E-state index contributed by atoms with van der Waals surface area (Å²) in [5, 5.41) is 18.8. The second kappa shape index (κ2) is 17.5. The Hall–Kier alpha value is -10.5. The summed E-state index contributed by atoms with van der Waals surface area (Å²) >= 11 is 0.